The molecule has 2 heteroatoms. The summed E-state index contributed by atoms with van der Waals surface area (Å²) < 4.78 is 0. The van der Waals surface area contributed by atoms with Gasteiger partial charge in [-0.3, -0.25) is 4.84 Å². The summed E-state index contributed by atoms with van der Waals surface area (Å²) in [6, 6.07) is 0. The van der Waals surface area contributed by atoms with Crippen LogP contribution in [0, 0.1) is 5.92 Å². The molecule has 2 nitrogen and oxygen atoms in total. The van der Waals surface area contributed by atoms with E-state index in [4.69, 9.17) is 4.84 Å². The third kappa shape index (κ3) is 3.27. The van der Waals surface area contributed by atoms with Crippen molar-refractivity contribution < 1.29 is 4.84 Å². The van der Waals surface area contributed by atoms with Gasteiger partial charge >= 0.3 is 0 Å². The first kappa shape index (κ1) is 14.3. The molecule has 1 heterocycles. The predicted octanol–water partition coefficient (Wildman–Crippen LogP) is 4.54. The Morgan fingerprint density at radius 2 is 1.44 bits per heavy atom. The molecular weight excluding hydrogens is 222 g/mol. The van der Waals surface area contributed by atoms with Gasteiger partial charge < -0.3 is 0 Å². The summed E-state index contributed by atoms with van der Waals surface area (Å²) in [6.07, 6.45) is 10.8. The monoisotopic (exact) mass is 253 g/mol. The quantitative estimate of drug-likeness (QED) is 0.732. The Morgan fingerprint density at radius 3 is 2.00 bits per heavy atom. The van der Waals surface area contributed by atoms with Crippen molar-refractivity contribution in [1.29, 1.82) is 0 Å². The minimum absolute atomic E-state index is 0.191. The summed E-state index contributed by atoms with van der Waals surface area (Å²) in [7, 11) is 0. The van der Waals surface area contributed by atoms with E-state index in [9.17, 15) is 0 Å². The Hall–Kier alpha value is -0.0800. The van der Waals surface area contributed by atoms with Crippen LogP contribution in [0.3, 0.4) is 0 Å². The molecule has 1 aliphatic carbocycles. The lowest BCUT2D eigenvalue weighted by Gasteiger charge is -2.51. The van der Waals surface area contributed by atoms with Crippen molar-refractivity contribution in [1.82, 2.24) is 5.06 Å². The molecule has 0 bridgehead atoms. The maximum absolute atomic E-state index is 6.29. The van der Waals surface area contributed by atoms with Gasteiger partial charge in [0, 0.05) is 11.1 Å². The van der Waals surface area contributed by atoms with Crippen molar-refractivity contribution in [3.63, 3.8) is 0 Å². The minimum atomic E-state index is 0.191. The maximum Gasteiger partial charge on any atom is 0.0713 e. The molecule has 1 saturated heterocycles. The van der Waals surface area contributed by atoms with Crippen molar-refractivity contribution in [3.05, 3.63) is 0 Å². The third-order valence-electron chi connectivity index (χ3n) is 4.84. The van der Waals surface area contributed by atoms with Gasteiger partial charge in [0.2, 0.25) is 0 Å². The second kappa shape index (κ2) is 5.50. The fourth-order valence-electron chi connectivity index (χ4n) is 3.86. The van der Waals surface area contributed by atoms with E-state index in [0.717, 1.165) is 12.5 Å². The molecule has 106 valence electrons. The molecule has 1 saturated carbocycles. The molecule has 2 fully saturated rings. The van der Waals surface area contributed by atoms with Crippen LogP contribution >= 0.6 is 0 Å². The molecule has 0 aromatic carbocycles. The van der Waals surface area contributed by atoms with Gasteiger partial charge in [0.15, 0.2) is 0 Å². The Kier molecular flexibility index (Phi) is 4.38. The summed E-state index contributed by atoms with van der Waals surface area (Å²) in [5.74, 6) is 0.798. The molecule has 0 aromatic rings. The summed E-state index contributed by atoms with van der Waals surface area (Å²) >= 11 is 0. The molecule has 2 rings (SSSR count). The standard InChI is InChI=1S/C16H31NO/c1-15(2)11-8-12-16(3,4)17(15)18-13-14-9-6-5-7-10-14/h14H,5-13H2,1-4H3. The van der Waals surface area contributed by atoms with E-state index in [-0.39, 0.29) is 11.1 Å². The van der Waals surface area contributed by atoms with Gasteiger partial charge in [-0.05, 0) is 65.7 Å². The van der Waals surface area contributed by atoms with Crippen LogP contribution in [-0.2, 0) is 4.84 Å². The van der Waals surface area contributed by atoms with Gasteiger partial charge in [-0.1, -0.05) is 19.3 Å². The van der Waals surface area contributed by atoms with Crippen LogP contribution in [0.15, 0.2) is 0 Å². The molecule has 2 aliphatic rings. The number of rotatable bonds is 3. The predicted molar refractivity (Wildman–Crippen MR) is 76.4 cm³/mol. The Balaban J connectivity index is 1.91. The topological polar surface area (TPSA) is 12.5 Å². The van der Waals surface area contributed by atoms with Crippen LogP contribution in [0.5, 0.6) is 0 Å². The molecule has 0 unspecified atom stereocenters. The van der Waals surface area contributed by atoms with E-state index in [2.05, 4.69) is 32.8 Å². The van der Waals surface area contributed by atoms with Crippen molar-refractivity contribution >= 4 is 0 Å². The lowest BCUT2D eigenvalue weighted by molar-refractivity contribution is -0.287. The van der Waals surface area contributed by atoms with Crippen LogP contribution in [0.25, 0.3) is 0 Å². The highest BCUT2D eigenvalue weighted by molar-refractivity contribution is 4.92. The van der Waals surface area contributed by atoms with Crippen LogP contribution in [0.4, 0.5) is 0 Å². The second-order valence-corrected chi connectivity index (χ2v) is 7.57. The maximum atomic E-state index is 6.29. The Morgan fingerprint density at radius 1 is 0.889 bits per heavy atom. The normalized spacial score (nSPS) is 29.3. The average Bonchev–Trinajstić information content (AvgIpc) is 2.28. The van der Waals surface area contributed by atoms with Gasteiger partial charge in [-0.25, -0.2) is 0 Å². The first-order valence-electron chi connectivity index (χ1n) is 7.85. The number of hydroxylamine groups is 2. The van der Waals surface area contributed by atoms with Crippen LogP contribution < -0.4 is 0 Å². The number of hydrogen-bond acceptors (Lipinski definition) is 2. The fourth-order valence-corrected chi connectivity index (χ4v) is 3.86. The van der Waals surface area contributed by atoms with Crippen molar-refractivity contribution in [2.24, 2.45) is 5.92 Å². The van der Waals surface area contributed by atoms with Gasteiger partial charge in [0.1, 0.15) is 0 Å². The number of hydrogen-bond donors (Lipinski definition) is 0. The second-order valence-electron chi connectivity index (χ2n) is 7.57. The molecule has 0 spiro atoms. The molecule has 0 N–H and O–H groups in total. The van der Waals surface area contributed by atoms with Crippen molar-refractivity contribution in [3.8, 4) is 0 Å². The SMILES string of the molecule is CC1(C)CCCC(C)(C)N1OCC1CCCCC1. The highest BCUT2D eigenvalue weighted by Gasteiger charge is 2.42. The van der Waals surface area contributed by atoms with E-state index in [0.29, 0.717) is 0 Å². The molecule has 0 radical (unpaired) electrons. The largest absolute Gasteiger partial charge is 0.298 e. The van der Waals surface area contributed by atoms with Gasteiger partial charge in [-0.2, -0.15) is 5.06 Å². The van der Waals surface area contributed by atoms with Gasteiger partial charge in [-0.15, -0.1) is 0 Å². The van der Waals surface area contributed by atoms with E-state index in [1.807, 2.05) is 0 Å². The Bertz CT molecular complexity index is 250. The lowest BCUT2D eigenvalue weighted by atomic mass is 9.82. The van der Waals surface area contributed by atoms with Crippen molar-refractivity contribution in [2.75, 3.05) is 6.61 Å². The molecule has 18 heavy (non-hydrogen) atoms. The zero-order valence-corrected chi connectivity index (χ0v) is 12.8. The van der Waals surface area contributed by atoms with E-state index >= 15 is 0 Å². The molecule has 0 atom stereocenters. The molecule has 0 amide bonds. The summed E-state index contributed by atoms with van der Waals surface area (Å²) in [4.78, 5) is 6.29. The highest BCUT2D eigenvalue weighted by atomic mass is 16.7. The third-order valence-corrected chi connectivity index (χ3v) is 4.84. The fraction of sp³-hybridized carbons (Fsp3) is 1.00. The molecular formula is C16H31NO. The summed E-state index contributed by atoms with van der Waals surface area (Å²) in [6.45, 7) is 10.2. The molecule has 1 aliphatic heterocycles. The van der Waals surface area contributed by atoms with E-state index in [1.54, 1.807) is 0 Å². The zero-order valence-electron chi connectivity index (χ0n) is 12.8. The first-order chi connectivity index (χ1) is 8.42. The summed E-state index contributed by atoms with van der Waals surface area (Å²) in [5.41, 5.74) is 0.382. The molecule has 0 aromatic heterocycles. The highest BCUT2D eigenvalue weighted by Crippen LogP contribution is 2.38. The van der Waals surface area contributed by atoms with Crippen LogP contribution in [0.1, 0.15) is 79.1 Å². The van der Waals surface area contributed by atoms with Crippen molar-refractivity contribution in [2.45, 2.75) is 90.1 Å². The Labute approximate surface area is 113 Å². The van der Waals surface area contributed by atoms with E-state index in [1.165, 1.54) is 51.4 Å². The number of nitrogens with zero attached hydrogens (tertiary/aromatic N) is 1. The first-order valence-corrected chi connectivity index (χ1v) is 7.85. The lowest BCUT2D eigenvalue weighted by Crippen LogP contribution is -2.58. The van der Waals surface area contributed by atoms with Gasteiger partial charge in [0.05, 0.1) is 6.61 Å². The van der Waals surface area contributed by atoms with E-state index < -0.39 is 0 Å². The summed E-state index contributed by atoms with van der Waals surface area (Å²) in [5, 5.41) is 2.32. The zero-order chi connectivity index (χ0) is 13.2. The minimum Gasteiger partial charge on any atom is -0.298 e. The smallest absolute Gasteiger partial charge is 0.0713 e. The van der Waals surface area contributed by atoms with Crippen LogP contribution in [0.2, 0.25) is 0 Å². The van der Waals surface area contributed by atoms with Crippen LogP contribution in [-0.4, -0.2) is 22.7 Å². The average molecular weight is 253 g/mol. The van der Waals surface area contributed by atoms with Gasteiger partial charge in [0.25, 0.3) is 0 Å². The number of piperidine rings is 1.